The van der Waals surface area contributed by atoms with Crippen LogP contribution < -0.4 is 5.73 Å². The number of pyridine rings is 1. The molecule has 16 heavy (non-hydrogen) atoms. The molecular weight excluding hydrogens is 266 g/mol. The average Bonchev–Trinajstić information content (AvgIpc) is 2.72. The number of nitrogens with zero attached hydrogens (tertiary/aromatic N) is 2. The smallest absolute Gasteiger partial charge is 0.137 e. The van der Waals surface area contributed by atoms with Crippen LogP contribution in [-0.4, -0.2) is 9.38 Å². The van der Waals surface area contributed by atoms with E-state index in [9.17, 15) is 0 Å². The van der Waals surface area contributed by atoms with Gasteiger partial charge in [0.15, 0.2) is 0 Å². The van der Waals surface area contributed by atoms with Gasteiger partial charge in [0.25, 0.3) is 0 Å². The quantitative estimate of drug-likeness (QED) is 0.742. The summed E-state index contributed by atoms with van der Waals surface area (Å²) < 4.78 is 3.16. The molecule has 4 heteroatoms. The highest BCUT2D eigenvalue weighted by atomic mass is 79.9. The van der Waals surface area contributed by atoms with Crippen molar-refractivity contribution in [2.24, 2.45) is 5.73 Å². The molecule has 0 aliphatic rings. The van der Waals surface area contributed by atoms with Gasteiger partial charge in [-0.3, -0.25) is 4.40 Å². The van der Waals surface area contributed by atoms with E-state index >= 15 is 0 Å². The molecule has 0 unspecified atom stereocenters. The first-order valence-corrected chi connectivity index (χ1v) is 5.84. The highest BCUT2D eigenvalue weighted by molar-refractivity contribution is 9.10. The third kappa shape index (κ3) is 1.27. The molecule has 3 rings (SSSR count). The number of imidazole rings is 1. The van der Waals surface area contributed by atoms with Gasteiger partial charge in [0, 0.05) is 11.0 Å². The molecule has 3 nitrogen and oxygen atoms in total. The number of fused-ring (bicyclic) bond motifs is 3. The predicted octanol–water partition coefficient (Wildman–Crippen LogP) is 2.71. The molecule has 0 spiro atoms. The van der Waals surface area contributed by atoms with Crippen molar-refractivity contribution in [2.75, 3.05) is 0 Å². The third-order valence-corrected chi connectivity index (χ3v) is 3.36. The number of hydrogen-bond donors (Lipinski definition) is 1. The summed E-state index contributed by atoms with van der Waals surface area (Å²) in [5.41, 5.74) is 8.80. The molecule has 2 aromatic heterocycles. The van der Waals surface area contributed by atoms with Crippen LogP contribution in [0.1, 0.15) is 5.69 Å². The number of hydrogen-bond acceptors (Lipinski definition) is 2. The Balaban J connectivity index is 2.60. The first-order chi connectivity index (χ1) is 7.81. The Morgan fingerprint density at radius 1 is 1.25 bits per heavy atom. The predicted molar refractivity (Wildman–Crippen MR) is 68.3 cm³/mol. The van der Waals surface area contributed by atoms with Crippen molar-refractivity contribution >= 4 is 32.5 Å². The normalized spacial score (nSPS) is 11.4. The van der Waals surface area contributed by atoms with Gasteiger partial charge >= 0.3 is 0 Å². The van der Waals surface area contributed by atoms with Gasteiger partial charge in [-0.1, -0.05) is 12.1 Å². The summed E-state index contributed by atoms with van der Waals surface area (Å²) in [6.07, 6.45) is 1.83. The van der Waals surface area contributed by atoms with Crippen LogP contribution in [0.3, 0.4) is 0 Å². The molecule has 0 atom stereocenters. The topological polar surface area (TPSA) is 43.3 Å². The zero-order valence-corrected chi connectivity index (χ0v) is 10.1. The van der Waals surface area contributed by atoms with Crippen LogP contribution in [0.2, 0.25) is 0 Å². The summed E-state index contributed by atoms with van der Waals surface area (Å²) in [5.74, 6) is 0. The van der Waals surface area contributed by atoms with Crippen LogP contribution in [0.5, 0.6) is 0 Å². The molecule has 0 aliphatic carbocycles. The summed E-state index contributed by atoms with van der Waals surface area (Å²) in [6.45, 7) is 0.488. The summed E-state index contributed by atoms with van der Waals surface area (Å²) in [6, 6.07) is 10.2. The summed E-state index contributed by atoms with van der Waals surface area (Å²) in [4.78, 5) is 4.34. The summed E-state index contributed by atoms with van der Waals surface area (Å²) in [5, 5.41) is 1.18. The monoisotopic (exact) mass is 275 g/mol. The minimum absolute atomic E-state index is 0.488. The van der Waals surface area contributed by atoms with E-state index in [1.54, 1.807) is 0 Å². The zero-order valence-electron chi connectivity index (χ0n) is 8.52. The number of rotatable bonds is 1. The molecule has 0 saturated heterocycles. The highest BCUT2D eigenvalue weighted by Crippen LogP contribution is 2.25. The van der Waals surface area contributed by atoms with Crippen LogP contribution in [0.4, 0.5) is 0 Å². The number of benzene rings is 1. The third-order valence-electron chi connectivity index (χ3n) is 2.72. The van der Waals surface area contributed by atoms with E-state index < -0.39 is 0 Å². The Morgan fingerprint density at radius 3 is 2.94 bits per heavy atom. The van der Waals surface area contributed by atoms with E-state index in [0.29, 0.717) is 6.54 Å². The van der Waals surface area contributed by atoms with E-state index in [1.165, 1.54) is 5.39 Å². The molecule has 0 aliphatic heterocycles. The number of nitrogens with two attached hydrogens (primary N) is 1. The van der Waals surface area contributed by atoms with E-state index in [1.807, 2.05) is 24.4 Å². The minimum Gasteiger partial charge on any atom is -0.325 e. The van der Waals surface area contributed by atoms with Crippen molar-refractivity contribution in [3.05, 3.63) is 46.7 Å². The van der Waals surface area contributed by atoms with Crippen LogP contribution in [0.15, 0.2) is 41.0 Å². The molecule has 0 amide bonds. The lowest BCUT2D eigenvalue weighted by Crippen LogP contribution is -2.01. The van der Waals surface area contributed by atoms with Gasteiger partial charge in [0.2, 0.25) is 0 Å². The minimum atomic E-state index is 0.488. The number of aromatic nitrogens is 2. The number of halogens is 1. The molecule has 3 aromatic rings. The van der Waals surface area contributed by atoms with Gasteiger partial charge in [-0.15, -0.1) is 0 Å². The fourth-order valence-corrected chi connectivity index (χ4v) is 2.55. The Labute approximate surface area is 101 Å². The van der Waals surface area contributed by atoms with E-state index in [-0.39, 0.29) is 0 Å². The lowest BCUT2D eigenvalue weighted by Gasteiger charge is -2.06. The van der Waals surface area contributed by atoms with Crippen molar-refractivity contribution in [1.29, 1.82) is 0 Å². The van der Waals surface area contributed by atoms with Gasteiger partial charge in [-0.05, 0) is 39.5 Å². The van der Waals surface area contributed by atoms with Gasteiger partial charge in [0.05, 0.1) is 17.4 Å². The second kappa shape index (κ2) is 3.57. The second-order valence-corrected chi connectivity index (χ2v) is 4.51. The van der Waals surface area contributed by atoms with Crippen LogP contribution >= 0.6 is 15.9 Å². The van der Waals surface area contributed by atoms with E-state index in [0.717, 1.165) is 21.3 Å². The van der Waals surface area contributed by atoms with Gasteiger partial charge in [0.1, 0.15) is 5.65 Å². The first kappa shape index (κ1) is 9.81. The first-order valence-electron chi connectivity index (χ1n) is 5.05. The molecule has 0 radical (unpaired) electrons. The highest BCUT2D eigenvalue weighted by Gasteiger charge is 2.07. The van der Waals surface area contributed by atoms with Gasteiger partial charge < -0.3 is 5.73 Å². The molecule has 2 N–H and O–H groups in total. The van der Waals surface area contributed by atoms with Crippen LogP contribution in [0, 0.1) is 0 Å². The Morgan fingerprint density at radius 2 is 2.12 bits per heavy atom. The van der Waals surface area contributed by atoms with Gasteiger partial charge in [-0.25, -0.2) is 4.98 Å². The van der Waals surface area contributed by atoms with E-state index in [4.69, 9.17) is 5.73 Å². The fourth-order valence-electron chi connectivity index (χ4n) is 1.99. The largest absolute Gasteiger partial charge is 0.325 e. The Bertz CT molecular complexity index is 672. The van der Waals surface area contributed by atoms with Crippen LogP contribution in [-0.2, 0) is 6.54 Å². The molecule has 0 saturated carbocycles. The molecule has 80 valence electrons. The lowest BCUT2D eigenvalue weighted by atomic mass is 10.2. The molecule has 2 heterocycles. The SMILES string of the molecule is NCc1cnc2ccc3cccc(Br)c3n12. The maximum atomic E-state index is 5.73. The van der Waals surface area contributed by atoms with E-state index in [2.05, 4.69) is 37.4 Å². The summed E-state index contributed by atoms with van der Waals surface area (Å²) in [7, 11) is 0. The van der Waals surface area contributed by atoms with Gasteiger partial charge in [-0.2, -0.15) is 0 Å². The second-order valence-electron chi connectivity index (χ2n) is 3.66. The Kier molecular flexibility index (Phi) is 2.19. The van der Waals surface area contributed by atoms with Crippen LogP contribution in [0.25, 0.3) is 16.6 Å². The number of para-hydroxylation sites is 1. The molecule has 0 fully saturated rings. The standard InChI is InChI=1S/C12H10BrN3/c13-10-3-1-2-8-4-5-11-15-7-9(6-14)16(11)12(8)10/h1-5,7H,6,14H2. The maximum absolute atomic E-state index is 5.73. The maximum Gasteiger partial charge on any atom is 0.137 e. The van der Waals surface area contributed by atoms with Crippen molar-refractivity contribution in [1.82, 2.24) is 9.38 Å². The molecular formula is C12H10BrN3. The molecule has 0 bridgehead atoms. The zero-order chi connectivity index (χ0) is 11.1. The van der Waals surface area contributed by atoms with Crippen molar-refractivity contribution in [2.45, 2.75) is 6.54 Å². The van der Waals surface area contributed by atoms with Crippen molar-refractivity contribution in [3.8, 4) is 0 Å². The fraction of sp³-hybridized carbons (Fsp3) is 0.0833. The molecule has 1 aromatic carbocycles. The Hall–Kier alpha value is -1.39. The summed E-state index contributed by atoms with van der Waals surface area (Å²) >= 11 is 3.58. The lowest BCUT2D eigenvalue weighted by molar-refractivity contribution is 0.978. The van der Waals surface area contributed by atoms with Crippen molar-refractivity contribution < 1.29 is 0 Å². The average molecular weight is 276 g/mol. The van der Waals surface area contributed by atoms with Crippen molar-refractivity contribution in [3.63, 3.8) is 0 Å².